The van der Waals surface area contributed by atoms with E-state index < -0.39 is 0 Å². The van der Waals surface area contributed by atoms with Gasteiger partial charge in [-0.3, -0.25) is 0 Å². The van der Waals surface area contributed by atoms with E-state index in [-0.39, 0.29) is 5.82 Å². The monoisotopic (exact) mass is 474 g/mol. The molecule has 5 heteroatoms. The Labute approximate surface area is 210 Å². The van der Waals surface area contributed by atoms with Gasteiger partial charge in [-0.25, -0.2) is 4.39 Å². The number of piperazine rings is 1. The van der Waals surface area contributed by atoms with Crippen LogP contribution in [0.2, 0.25) is 0 Å². The van der Waals surface area contributed by atoms with Crippen molar-refractivity contribution in [2.75, 3.05) is 32.7 Å². The van der Waals surface area contributed by atoms with Crippen molar-refractivity contribution in [1.82, 2.24) is 20.4 Å². The molecule has 5 rings (SSSR count). The van der Waals surface area contributed by atoms with Gasteiger partial charge in [-0.15, -0.1) is 0 Å². The van der Waals surface area contributed by atoms with Gasteiger partial charge >= 0.3 is 0 Å². The Balaban J connectivity index is 0.000000239. The fourth-order valence-electron chi connectivity index (χ4n) is 4.86. The lowest BCUT2D eigenvalue weighted by molar-refractivity contribution is 0.267. The lowest BCUT2D eigenvalue weighted by atomic mass is 10.1. The fraction of sp³-hybridized carbons (Fsp3) is 0.400. The minimum atomic E-state index is -0.0370. The second-order valence-electron chi connectivity index (χ2n) is 9.74. The zero-order chi connectivity index (χ0) is 24.6. The topological polar surface area (TPSA) is 30.5 Å². The molecule has 2 heterocycles. The van der Waals surface area contributed by atoms with Crippen LogP contribution in [0.15, 0.2) is 91.4 Å². The maximum atomic E-state index is 12.9. The van der Waals surface area contributed by atoms with Gasteiger partial charge in [0, 0.05) is 49.8 Å². The van der Waals surface area contributed by atoms with Crippen LogP contribution in [0.3, 0.4) is 0 Å². The van der Waals surface area contributed by atoms with Crippen molar-refractivity contribution in [2.45, 2.75) is 44.2 Å². The Kier molecular flexibility index (Phi) is 8.64. The molecule has 2 saturated heterocycles. The summed E-state index contributed by atoms with van der Waals surface area (Å²) >= 11 is 0. The zero-order valence-corrected chi connectivity index (χ0v) is 20.8. The molecule has 2 aromatic rings. The van der Waals surface area contributed by atoms with Crippen LogP contribution >= 0.6 is 0 Å². The van der Waals surface area contributed by atoms with E-state index in [1.165, 1.54) is 36.6 Å². The van der Waals surface area contributed by atoms with Crippen molar-refractivity contribution in [2.24, 2.45) is 0 Å². The lowest BCUT2D eigenvalue weighted by Crippen LogP contribution is -2.44. The molecule has 3 fully saturated rings. The number of benzene rings is 2. The summed E-state index contributed by atoms with van der Waals surface area (Å²) in [6.07, 6.45) is 4.67. The van der Waals surface area contributed by atoms with Crippen molar-refractivity contribution in [1.29, 1.82) is 0 Å². The van der Waals surface area contributed by atoms with Gasteiger partial charge in [-0.1, -0.05) is 68.3 Å². The molecule has 0 radical (unpaired) electrons. The predicted octanol–water partition coefficient (Wildman–Crippen LogP) is 5.39. The van der Waals surface area contributed by atoms with Crippen molar-refractivity contribution in [3.8, 4) is 0 Å². The summed E-state index contributed by atoms with van der Waals surface area (Å²) in [5, 5.41) is 6.88. The van der Waals surface area contributed by atoms with E-state index in [2.05, 4.69) is 64.4 Å². The summed E-state index contributed by atoms with van der Waals surface area (Å²) in [7, 11) is 0. The Hall–Kier alpha value is -3.05. The maximum absolute atomic E-state index is 12.9. The van der Waals surface area contributed by atoms with Gasteiger partial charge in [0.05, 0.1) is 12.6 Å². The largest absolute Gasteiger partial charge is 0.383 e. The van der Waals surface area contributed by atoms with Crippen LogP contribution in [-0.4, -0.2) is 48.6 Å². The van der Waals surface area contributed by atoms with Gasteiger partial charge in [0.2, 0.25) is 0 Å². The molecule has 1 unspecified atom stereocenters. The van der Waals surface area contributed by atoms with Gasteiger partial charge in [0.25, 0.3) is 0 Å². The molecule has 2 N–H and O–H groups in total. The molecule has 1 aliphatic carbocycles. The standard InChI is InChI=1S/C21H30N4.C9H9F/c1-17-14-22-11-13-24(17)16-18(2)25-12-7-10-21(25)19(3)23-15-20-8-5-4-6-9-20;10-9-4-2-1-3-8(9)7-5-6-7/h4-6,8-9,21-23H,1-3,7,10-16H2;1-4,7H,5-6H2. The highest BCUT2D eigenvalue weighted by molar-refractivity contribution is 5.25. The molecule has 3 aliphatic rings. The molecule has 2 aliphatic heterocycles. The second-order valence-corrected chi connectivity index (χ2v) is 9.74. The molecule has 1 atom stereocenters. The molecular formula is C30H39FN4. The highest BCUT2D eigenvalue weighted by Gasteiger charge is 2.29. The molecule has 2 aromatic carbocycles. The molecular weight excluding hydrogens is 435 g/mol. The van der Waals surface area contributed by atoms with Crippen molar-refractivity contribution in [3.63, 3.8) is 0 Å². The Bertz CT molecular complexity index is 1010. The van der Waals surface area contributed by atoms with Gasteiger partial charge in [0.1, 0.15) is 5.82 Å². The van der Waals surface area contributed by atoms with Crippen molar-refractivity contribution < 1.29 is 4.39 Å². The van der Waals surface area contributed by atoms with E-state index in [4.69, 9.17) is 0 Å². The van der Waals surface area contributed by atoms with Gasteiger partial charge < -0.3 is 20.4 Å². The van der Waals surface area contributed by atoms with Crippen LogP contribution in [0.25, 0.3) is 0 Å². The van der Waals surface area contributed by atoms with Crippen LogP contribution in [0.1, 0.15) is 42.7 Å². The third-order valence-electron chi connectivity index (χ3n) is 7.05. The summed E-state index contributed by atoms with van der Waals surface area (Å²) in [6.45, 7) is 18.5. The van der Waals surface area contributed by atoms with Crippen LogP contribution in [0, 0.1) is 5.82 Å². The highest BCUT2D eigenvalue weighted by Crippen LogP contribution is 2.40. The zero-order valence-electron chi connectivity index (χ0n) is 20.8. The van der Waals surface area contributed by atoms with Crippen molar-refractivity contribution in [3.05, 3.63) is 108 Å². The number of hydrogen-bond donors (Lipinski definition) is 2. The number of nitrogens with one attached hydrogen (secondary N) is 2. The summed E-state index contributed by atoms with van der Waals surface area (Å²) in [5.41, 5.74) is 5.62. The maximum Gasteiger partial charge on any atom is 0.126 e. The lowest BCUT2D eigenvalue weighted by Gasteiger charge is -2.36. The molecule has 1 saturated carbocycles. The van der Waals surface area contributed by atoms with Gasteiger partial charge in [0.15, 0.2) is 0 Å². The first kappa shape index (κ1) is 25.1. The summed E-state index contributed by atoms with van der Waals surface area (Å²) < 4.78 is 12.9. The fourth-order valence-corrected chi connectivity index (χ4v) is 4.86. The molecule has 4 nitrogen and oxygen atoms in total. The van der Waals surface area contributed by atoms with E-state index in [9.17, 15) is 4.39 Å². The summed E-state index contributed by atoms with van der Waals surface area (Å²) in [5.74, 6) is 0.492. The van der Waals surface area contributed by atoms with Crippen molar-refractivity contribution >= 4 is 0 Å². The van der Waals surface area contributed by atoms with Gasteiger partial charge in [-0.2, -0.15) is 0 Å². The molecule has 0 aromatic heterocycles. The van der Waals surface area contributed by atoms with E-state index in [1.807, 2.05) is 18.2 Å². The highest BCUT2D eigenvalue weighted by atomic mass is 19.1. The van der Waals surface area contributed by atoms with E-state index >= 15 is 0 Å². The quantitative estimate of drug-likeness (QED) is 0.537. The molecule has 186 valence electrons. The summed E-state index contributed by atoms with van der Waals surface area (Å²) in [4.78, 5) is 4.77. The first-order valence-corrected chi connectivity index (χ1v) is 12.8. The van der Waals surface area contributed by atoms with E-state index in [0.29, 0.717) is 12.0 Å². The van der Waals surface area contributed by atoms with E-state index in [0.717, 1.165) is 62.6 Å². The number of hydrogen-bond acceptors (Lipinski definition) is 4. The first-order chi connectivity index (χ1) is 17.0. The molecule has 0 amide bonds. The SMILES string of the molecule is C=C(NCc1ccccc1)C1CCCN1C(=C)CN1CCNCC1=C.Fc1ccccc1C1CC1. The van der Waals surface area contributed by atoms with Crippen LogP contribution in [0.4, 0.5) is 4.39 Å². The minimum absolute atomic E-state index is 0.0370. The third kappa shape index (κ3) is 6.98. The minimum Gasteiger partial charge on any atom is -0.383 e. The first-order valence-electron chi connectivity index (χ1n) is 12.8. The van der Waals surface area contributed by atoms with Crippen LogP contribution in [-0.2, 0) is 6.54 Å². The number of halogens is 1. The average molecular weight is 475 g/mol. The molecule has 0 spiro atoms. The number of rotatable bonds is 8. The number of likely N-dealkylation sites (tertiary alicyclic amines) is 1. The van der Waals surface area contributed by atoms with Crippen LogP contribution in [0.5, 0.6) is 0 Å². The second kappa shape index (κ2) is 12.1. The smallest absolute Gasteiger partial charge is 0.126 e. The third-order valence-corrected chi connectivity index (χ3v) is 7.05. The molecule has 0 bridgehead atoms. The Morgan fingerprint density at radius 2 is 1.74 bits per heavy atom. The Morgan fingerprint density at radius 1 is 1.00 bits per heavy atom. The predicted molar refractivity (Wildman–Crippen MR) is 143 cm³/mol. The molecule has 35 heavy (non-hydrogen) atoms. The summed E-state index contributed by atoms with van der Waals surface area (Å²) in [6, 6.07) is 17.9. The van der Waals surface area contributed by atoms with Crippen LogP contribution < -0.4 is 10.6 Å². The Morgan fingerprint density at radius 3 is 2.46 bits per heavy atom. The number of nitrogens with zero attached hydrogens (tertiary/aromatic N) is 2. The van der Waals surface area contributed by atoms with E-state index in [1.54, 1.807) is 6.07 Å². The van der Waals surface area contributed by atoms with Gasteiger partial charge in [-0.05, 0) is 48.8 Å². The average Bonchev–Trinajstić information content (AvgIpc) is 3.60. The normalized spacial score (nSPS) is 19.7.